The molecule has 0 aliphatic heterocycles. The molecule has 2 atom stereocenters. The van der Waals surface area contributed by atoms with Gasteiger partial charge in [0.1, 0.15) is 0 Å². The van der Waals surface area contributed by atoms with Crippen molar-refractivity contribution in [2.24, 2.45) is 0 Å². The molecule has 0 N–H and O–H groups in total. The van der Waals surface area contributed by atoms with Crippen LogP contribution in [0.4, 0.5) is 0 Å². The van der Waals surface area contributed by atoms with Gasteiger partial charge in [0.15, 0.2) is 25.2 Å². The van der Waals surface area contributed by atoms with Gasteiger partial charge in [0, 0.05) is 40.6 Å². The molecule has 0 saturated heterocycles. The number of rotatable bonds is 66. The molecular formula is C66H134O7. The van der Waals surface area contributed by atoms with Crippen molar-refractivity contribution >= 4 is 0 Å². The van der Waals surface area contributed by atoms with Gasteiger partial charge in [-0.25, -0.2) is 0 Å². The summed E-state index contributed by atoms with van der Waals surface area (Å²) in [4.78, 5) is 0. The maximum absolute atomic E-state index is 6.30. The maximum atomic E-state index is 6.30. The van der Waals surface area contributed by atoms with E-state index in [0.29, 0.717) is 0 Å². The summed E-state index contributed by atoms with van der Waals surface area (Å²) < 4.78 is 42.9. The van der Waals surface area contributed by atoms with Crippen LogP contribution in [0.5, 0.6) is 0 Å². The quantitative estimate of drug-likeness (QED) is 0.0444. The third-order valence-corrected chi connectivity index (χ3v) is 15.3. The summed E-state index contributed by atoms with van der Waals surface area (Å²) in [6, 6.07) is 0. The normalized spacial score (nSPS) is 12.8. The van der Waals surface area contributed by atoms with Crippen LogP contribution in [0.1, 0.15) is 362 Å². The molecule has 0 bridgehead atoms. The molecule has 0 aromatic rings. The van der Waals surface area contributed by atoms with Crippen LogP contribution in [0.3, 0.4) is 0 Å². The van der Waals surface area contributed by atoms with Crippen LogP contribution in [0, 0.1) is 0 Å². The fourth-order valence-electron chi connectivity index (χ4n) is 10.2. The highest BCUT2D eigenvalue weighted by molar-refractivity contribution is 4.58. The molecule has 0 saturated carbocycles. The lowest BCUT2D eigenvalue weighted by molar-refractivity contribution is -0.233. The number of hydrogen-bond donors (Lipinski definition) is 0. The molecular weight excluding hydrogens is 905 g/mol. The van der Waals surface area contributed by atoms with Crippen molar-refractivity contribution in [1.29, 1.82) is 0 Å². The second-order valence-electron chi connectivity index (χ2n) is 22.5. The summed E-state index contributed by atoms with van der Waals surface area (Å²) >= 11 is 0. The van der Waals surface area contributed by atoms with E-state index >= 15 is 0 Å². The minimum absolute atomic E-state index is 0.000279. The molecule has 0 radical (unpaired) electrons. The summed E-state index contributed by atoms with van der Waals surface area (Å²) in [5.74, 6) is 0. The Morgan fingerprint density at radius 2 is 0.356 bits per heavy atom. The van der Waals surface area contributed by atoms with Crippen LogP contribution in [-0.4, -0.2) is 65.8 Å². The fourth-order valence-corrected chi connectivity index (χ4v) is 10.2. The van der Waals surface area contributed by atoms with Crippen LogP contribution in [0.2, 0.25) is 0 Å². The fraction of sp³-hybridized carbons (Fsp3) is 1.00. The van der Waals surface area contributed by atoms with E-state index < -0.39 is 0 Å². The molecule has 0 spiro atoms. The highest BCUT2D eigenvalue weighted by Crippen LogP contribution is 2.20. The van der Waals surface area contributed by atoms with Gasteiger partial charge in [0.25, 0.3) is 0 Å². The smallest absolute Gasteiger partial charge is 0.160 e. The molecule has 0 aliphatic carbocycles. The maximum Gasteiger partial charge on any atom is 0.160 e. The van der Waals surface area contributed by atoms with Gasteiger partial charge in [-0.1, -0.05) is 285 Å². The molecule has 0 fully saturated rings. The predicted molar refractivity (Wildman–Crippen MR) is 317 cm³/mol. The Kier molecular flexibility index (Phi) is 64.0. The first-order valence-electron chi connectivity index (χ1n) is 33.3. The summed E-state index contributed by atoms with van der Waals surface area (Å²) in [7, 11) is 3.56. The molecule has 0 heterocycles. The van der Waals surface area contributed by atoms with Crippen molar-refractivity contribution in [1.82, 2.24) is 0 Å². The van der Waals surface area contributed by atoms with Gasteiger partial charge in [-0.2, -0.15) is 0 Å². The summed E-state index contributed by atoms with van der Waals surface area (Å²) in [6.45, 7) is 12.6. The monoisotopic (exact) mass is 1040 g/mol. The van der Waals surface area contributed by atoms with Crippen molar-refractivity contribution in [3.63, 3.8) is 0 Å². The van der Waals surface area contributed by atoms with Gasteiger partial charge in [-0.3, -0.25) is 0 Å². The largest absolute Gasteiger partial charge is 0.356 e. The van der Waals surface area contributed by atoms with E-state index in [1.807, 2.05) is 0 Å². The van der Waals surface area contributed by atoms with Crippen molar-refractivity contribution in [3.8, 4) is 0 Å². The van der Waals surface area contributed by atoms with Crippen LogP contribution < -0.4 is 0 Å². The first-order chi connectivity index (χ1) is 36.1. The highest BCUT2D eigenvalue weighted by atomic mass is 16.8. The number of hydrogen-bond acceptors (Lipinski definition) is 7. The average molecular weight is 1040 g/mol. The van der Waals surface area contributed by atoms with Crippen molar-refractivity contribution in [3.05, 3.63) is 0 Å². The lowest BCUT2D eigenvalue weighted by Gasteiger charge is -2.23. The third kappa shape index (κ3) is 57.7. The topological polar surface area (TPSA) is 64.6 Å². The number of unbranched alkanes of at least 4 members (excludes halogenated alkanes) is 42. The third-order valence-electron chi connectivity index (χ3n) is 15.3. The Morgan fingerprint density at radius 1 is 0.192 bits per heavy atom. The van der Waals surface area contributed by atoms with Crippen molar-refractivity contribution in [2.75, 3.05) is 40.6 Å². The molecule has 0 aromatic carbocycles. The zero-order chi connectivity index (χ0) is 52.9. The van der Waals surface area contributed by atoms with Crippen LogP contribution in [0.25, 0.3) is 0 Å². The van der Waals surface area contributed by atoms with E-state index in [4.69, 9.17) is 33.2 Å². The number of ether oxygens (including phenoxy) is 7. The number of methoxy groups -OCH3 is 2. The SMILES string of the molecule is CCCCCCCCCOC(CCCCCCCCCCCCC(OC)OC(CCCCCCCCCCCCC(OCCCCCCCCC)OCCCCCCCCC)OC)OCCCCCCCCC. The zero-order valence-corrected chi connectivity index (χ0v) is 50.8. The lowest BCUT2D eigenvalue weighted by Crippen LogP contribution is -2.25. The standard InChI is InChI=1S/C66H134O7/c1-7-11-15-19-35-43-51-59-69-65(70-60-52-44-36-20-16-12-8-2)57-49-41-33-29-25-23-27-31-39-47-55-63(67-5)73-64(68-6)56-48-40-32-28-24-26-30-34-42-50-58-66(71-61-53-45-37-21-17-13-9-3)72-62-54-46-38-22-18-14-10-4/h63-66H,7-62H2,1-6H3. The van der Waals surface area contributed by atoms with E-state index in [9.17, 15) is 0 Å². The first-order valence-corrected chi connectivity index (χ1v) is 33.3. The van der Waals surface area contributed by atoms with E-state index in [1.54, 1.807) is 14.2 Å². The van der Waals surface area contributed by atoms with Crippen LogP contribution in [0.15, 0.2) is 0 Å². The lowest BCUT2D eigenvalue weighted by atomic mass is 10.0. The Labute approximate surface area is 458 Å². The minimum atomic E-state index is -0.170. The summed E-state index contributed by atoms with van der Waals surface area (Å²) in [5.41, 5.74) is 0. The summed E-state index contributed by atoms with van der Waals surface area (Å²) in [5, 5.41) is 0. The molecule has 7 nitrogen and oxygen atoms in total. The molecule has 2 unspecified atom stereocenters. The predicted octanol–water partition coefficient (Wildman–Crippen LogP) is 22.0. The zero-order valence-electron chi connectivity index (χ0n) is 50.8. The second-order valence-corrected chi connectivity index (χ2v) is 22.5. The Morgan fingerprint density at radius 3 is 0.548 bits per heavy atom. The van der Waals surface area contributed by atoms with Crippen molar-refractivity contribution < 1.29 is 33.2 Å². The molecule has 0 amide bonds. The highest BCUT2D eigenvalue weighted by Gasteiger charge is 2.16. The molecule has 73 heavy (non-hydrogen) atoms. The minimum Gasteiger partial charge on any atom is -0.356 e. The van der Waals surface area contributed by atoms with E-state index in [-0.39, 0.29) is 25.2 Å². The van der Waals surface area contributed by atoms with Gasteiger partial charge in [-0.15, -0.1) is 0 Å². The van der Waals surface area contributed by atoms with Gasteiger partial charge in [0.05, 0.1) is 0 Å². The van der Waals surface area contributed by atoms with Crippen molar-refractivity contribution in [2.45, 2.75) is 387 Å². The van der Waals surface area contributed by atoms with Gasteiger partial charge in [-0.05, 0) is 77.0 Å². The average Bonchev–Trinajstić information content (AvgIpc) is 3.40. The van der Waals surface area contributed by atoms with Gasteiger partial charge < -0.3 is 33.2 Å². The van der Waals surface area contributed by atoms with E-state index in [2.05, 4.69) is 27.7 Å². The van der Waals surface area contributed by atoms with Gasteiger partial charge >= 0.3 is 0 Å². The summed E-state index contributed by atoms with van der Waals surface area (Å²) in [6.07, 6.45) is 66.8. The molecule has 0 aromatic heterocycles. The molecule has 0 rings (SSSR count). The second kappa shape index (κ2) is 64.2. The molecule has 7 heteroatoms. The van der Waals surface area contributed by atoms with Gasteiger partial charge in [0.2, 0.25) is 0 Å². The molecule has 0 aliphatic rings. The Balaban J connectivity index is 4.02. The Bertz CT molecular complexity index is 854. The van der Waals surface area contributed by atoms with E-state index in [0.717, 1.165) is 65.0 Å². The first kappa shape index (κ1) is 72.7. The Hall–Kier alpha value is -0.280. The van der Waals surface area contributed by atoms with E-state index in [1.165, 1.54) is 295 Å². The van der Waals surface area contributed by atoms with Crippen LogP contribution >= 0.6 is 0 Å². The van der Waals surface area contributed by atoms with Crippen LogP contribution in [-0.2, 0) is 33.2 Å². The molecule has 440 valence electrons.